The number of hydrogen-bond donors (Lipinski definition) is 1. The average Bonchev–Trinajstić information content (AvgIpc) is 3.11. The van der Waals surface area contributed by atoms with E-state index in [1.54, 1.807) is 0 Å². The zero-order valence-corrected chi connectivity index (χ0v) is 15.6. The van der Waals surface area contributed by atoms with Gasteiger partial charge in [-0.3, -0.25) is 9.80 Å². The summed E-state index contributed by atoms with van der Waals surface area (Å²) in [6.07, 6.45) is 0.652. The Hall–Kier alpha value is -1.37. The van der Waals surface area contributed by atoms with Gasteiger partial charge in [0.1, 0.15) is 11.5 Å². The number of furan rings is 1. The second kappa shape index (κ2) is 8.11. The van der Waals surface area contributed by atoms with Crippen LogP contribution in [0.25, 0.3) is 11.3 Å². The molecule has 3 heterocycles. The molecule has 140 valence electrons. The second-order valence-electron chi connectivity index (χ2n) is 7.08. The fourth-order valence-corrected chi connectivity index (χ4v) is 4.04. The number of nitrogens with zero attached hydrogens (tertiary/aromatic N) is 2. The topological polar surface area (TPSA) is 49.1 Å². The molecule has 2 aromatic rings. The van der Waals surface area contributed by atoms with Crippen LogP contribution in [-0.2, 0) is 11.3 Å². The molecule has 26 heavy (non-hydrogen) atoms. The summed E-state index contributed by atoms with van der Waals surface area (Å²) in [5, 5.41) is 11.3. The molecule has 2 aliphatic heterocycles. The molecule has 5 nitrogen and oxygen atoms in total. The van der Waals surface area contributed by atoms with Gasteiger partial charge in [0.25, 0.3) is 0 Å². The molecule has 2 atom stereocenters. The van der Waals surface area contributed by atoms with Crippen LogP contribution < -0.4 is 0 Å². The van der Waals surface area contributed by atoms with Crippen molar-refractivity contribution in [3.05, 3.63) is 47.2 Å². The molecule has 0 amide bonds. The first-order chi connectivity index (χ1) is 12.7. The maximum Gasteiger partial charge on any atom is 0.134 e. The monoisotopic (exact) mass is 376 g/mol. The van der Waals surface area contributed by atoms with Crippen molar-refractivity contribution >= 4 is 11.6 Å². The minimum atomic E-state index is -0.326. The minimum absolute atomic E-state index is 0.247. The van der Waals surface area contributed by atoms with Crippen molar-refractivity contribution in [1.82, 2.24) is 9.80 Å². The van der Waals surface area contributed by atoms with Gasteiger partial charge in [-0.05, 0) is 42.8 Å². The summed E-state index contributed by atoms with van der Waals surface area (Å²) in [7, 11) is 0. The Morgan fingerprint density at radius 1 is 1.04 bits per heavy atom. The van der Waals surface area contributed by atoms with Gasteiger partial charge in [0.2, 0.25) is 0 Å². The molecule has 0 unspecified atom stereocenters. The molecule has 1 aromatic heterocycles. The van der Waals surface area contributed by atoms with Gasteiger partial charge in [0.15, 0.2) is 0 Å². The number of ether oxygens (including phenoxy) is 1. The smallest absolute Gasteiger partial charge is 0.134 e. The van der Waals surface area contributed by atoms with E-state index in [9.17, 15) is 5.11 Å². The lowest BCUT2D eigenvalue weighted by atomic mass is 9.99. The van der Waals surface area contributed by atoms with Crippen LogP contribution in [0.1, 0.15) is 12.2 Å². The standard InChI is InChI=1S/C20H25ClN2O3/c21-16-3-1-15(2-4-16)20-6-5-17(26-20)13-22-8-7-18(19(24)14-22)23-9-11-25-12-10-23/h1-6,18-19,24H,7-14H2/t18-,19-/m1/s1. The van der Waals surface area contributed by atoms with E-state index < -0.39 is 0 Å². The Morgan fingerprint density at radius 2 is 1.81 bits per heavy atom. The predicted molar refractivity (Wildman–Crippen MR) is 101 cm³/mol. The summed E-state index contributed by atoms with van der Waals surface area (Å²) >= 11 is 5.94. The van der Waals surface area contributed by atoms with E-state index in [0.29, 0.717) is 6.54 Å². The molecule has 0 aliphatic carbocycles. The lowest BCUT2D eigenvalue weighted by Gasteiger charge is -2.42. The molecule has 4 rings (SSSR count). The number of likely N-dealkylation sites (tertiary alicyclic amines) is 1. The molecule has 2 saturated heterocycles. The zero-order chi connectivity index (χ0) is 17.9. The van der Waals surface area contributed by atoms with Crippen LogP contribution in [0, 0.1) is 0 Å². The van der Waals surface area contributed by atoms with Crippen molar-refractivity contribution in [2.75, 3.05) is 39.4 Å². The zero-order valence-electron chi connectivity index (χ0n) is 14.8. The molecule has 0 bridgehead atoms. The van der Waals surface area contributed by atoms with Crippen molar-refractivity contribution in [3.8, 4) is 11.3 Å². The van der Waals surface area contributed by atoms with Crippen molar-refractivity contribution in [2.45, 2.75) is 25.1 Å². The molecule has 2 fully saturated rings. The second-order valence-corrected chi connectivity index (χ2v) is 7.52. The van der Waals surface area contributed by atoms with Gasteiger partial charge in [-0.1, -0.05) is 11.6 Å². The van der Waals surface area contributed by atoms with Crippen LogP contribution >= 0.6 is 11.6 Å². The number of β-amino-alcohol motifs (C(OH)–C–C–N with tert-alkyl or cyclic N) is 1. The first kappa shape index (κ1) is 18.0. The Kier molecular flexibility index (Phi) is 5.62. The van der Waals surface area contributed by atoms with Crippen molar-refractivity contribution in [2.24, 2.45) is 0 Å². The first-order valence-corrected chi connectivity index (χ1v) is 9.64. The quantitative estimate of drug-likeness (QED) is 0.889. The fourth-order valence-electron chi connectivity index (χ4n) is 3.92. The Balaban J connectivity index is 1.34. The average molecular weight is 377 g/mol. The maximum absolute atomic E-state index is 10.6. The van der Waals surface area contributed by atoms with Gasteiger partial charge >= 0.3 is 0 Å². The third kappa shape index (κ3) is 4.13. The number of aliphatic hydroxyl groups is 1. The van der Waals surface area contributed by atoms with Crippen molar-refractivity contribution in [1.29, 1.82) is 0 Å². The van der Waals surface area contributed by atoms with E-state index in [-0.39, 0.29) is 12.1 Å². The summed E-state index contributed by atoms with van der Waals surface area (Å²) in [6, 6.07) is 11.9. The Labute approximate surface area is 159 Å². The van der Waals surface area contributed by atoms with Gasteiger partial charge in [-0.25, -0.2) is 0 Å². The van der Waals surface area contributed by atoms with Gasteiger partial charge in [-0.15, -0.1) is 0 Å². The van der Waals surface area contributed by atoms with Gasteiger partial charge in [0, 0.05) is 42.8 Å². The number of halogens is 1. The third-order valence-corrected chi connectivity index (χ3v) is 5.57. The highest BCUT2D eigenvalue weighted by atomic mass is 35.5. The Bertz CT molecular complexity index is 712. The van der Waals surface area contributed by atoms with E-state index in [2.05, 4.69) is 9.80 Å². The maximum atomic E-state index is 10.6. The molecule has 6 heteroatoms. The molecule has 0 saturated carbocycles. The lowest BCUT2D eigenvalue weighted by Crippen LogP contribution is -2.56. The van der Waals surface area contributed by atoms with E-state index in [1.165, 1.54) is 0 Å². The number of rotatable bonds is 4. The molecular formula is C20H25ClN2O3. The summed E-state index contributed by atoms with van der Waals surface area (Å²) in [5.74, 6) is 1.77. The summed E-state index contributed by atoms with van der Waals surface area (Å²) < 4.78 is 11.4. The largest absolute Gasteiger partial charge is 0.460 e. The normalized spacial score (nSPS) is 25.5. The third-order valence-electron chi connectivity index (χ3n) is 5.32. The van der Waals surface area contributed by atoms with Crippen LogP contribution in [0.4, 0.5) is 0 Å². The number of piperidine rings is 1. The van der Waals surface area contributed by atoms with E-state index in [0.717, 1.165) is 67.9 Å². The molecule has 0 radical (unpaired) electrons. The van der Waals surface area contributed by atoms with Crippen LogP contribution in [0.3, 0.4) is 0 Å². The first-order valence-electron chi connectivity index (χ1n) is 9.26. The van der Waals surface area contributed by atoms with Crippen LogP contribution in [0.2, 0.25) is 5.02 Å². The number of aliphatic hydroxyl groups excluding tert-OH is 1. The number of benzene rings is 1. The lowest BCUT2D eigenvalue weighted by molar-refractivity contribution is -0.0541. The van der Waals surface area contributed by atoms with E-state index in [1.807, 2.05) is 36.4 Å². The minimum Gasteiger partial charge on any atom is -0.460 e. The number of morpholine rings is 1. The van der Waals surface area contributed by atoms with Crippen molar-refractivity contribution < 1.29 is 14.3 Å². The number of hydrogen-bond acceptors (Lipinski definition) is 5. The highest BCUT2D eigenvalue weighted by molar-refractivity contribution is 6.30. The van der Waals surface area contributed by atoms with Gasteiger partial charge in [-0.2, -0.15) is 0 Å². The van der Waals surface area contributed by atoms with Crippen LogP contribution in [0.15, 0.2) is 40.8 Å². The molecular weight excluding hydrogens is 352 g/mol. The van der Waals surface area contributed by atoms with Gasteiger partial charge < -0.3 is 14.3 Å². The van der Waals surface area contributed by atoms with E-state index in [4.69, 9.17) is 20.8 Å². The van der Waals surface area contributed by atoms with E-state index >= 15 is 0 Å². The van der Waals surface area contributed by atoms with Crippen LogP contribution in [0.5, 0.6) is 0 Å². The molecule has 0 spiro atoms. The molecule has 1 aromatic carbocycles. The highest BCUT2D eigenvalue weighted by Gasteiger charge is 2.33. The van der Waals surface area contributed by atoms with Crippen molar-refractivity contribution in [3.63, 3.8) is 0 Å². The fraction of sp³-hybridized carbons (Fsp3) is 0.500. The summed E-state index contributed by atoms with van der Waals surface area (Å²) in [6.45, 7) is 5.75. The highest BCUT2D eigenvalue weighted by Crippen LogP contribution is 2.26. The summed E-state index contributed by atoms with van der Waals surface area (Å²) in [5.41, 5.74) is 1.02. The molecule has 2 aliphatic rings. The Morgan fingerprint density at radius 3 is 2.54 bits per heavy atom. The molecule has 1 N–H and O–H groups in total. The SMILES string of the molecule is O[C@@H]1CN(Cc2ccc(-c3ccc(Cl)cc3)o2)CC[C@H]1N1CCOCC1. The predicted octanol–water partition coefficient (Wildman–Crippen LogP) is 2.87. The van der Waals surface area contributed by atoms with Gasteiger partial charge in [0.05, 0.1) is 25.9 Å². The van der Waals surface area contributed by atoms with Crippen LogP contribution in [-0.4, -0.2) is 66.4 Å². The summed E-state index contributed by atoms with van der Waals surface area (Å²) in [4.78, 5) is 4.64.